The number of aromatic amines is 1. The maximum absolute atomic E-state index is 12.7. The average molecular weight is 447 g/mol. The number of carbonyl (C=O) groups excluding carboxylic acids is 1. The summed E-state index contributed by atoms with van der Waals surface area (Å²) in [4.78, 5) is 38.8. The number of ether oxygens (including phenoxy) is 3. The molecular formula is C21H29N5O6. The van der Waals surface area contributed by atoms with Gasteiger partial charge in [-0.15, -0.1) is 0 Å². The van der Waals surface area contributed by atoms with Gasteiger partial charge in [0.25, 0.3) is 11.5 Å². The number of fused-ring (bicyclic) bond motifs is 1. The minimum absolute atomic E-state index is 0.163. The lowest BCUT2D eigenvalue weighted by Crippen LogP contribution is -2.54. The first kappa shape index (κ1) is 22.4. The van der Waals surface area contributed by atoms with Gasteiger partial charge in [0.15, 0.2) is 5.79 Å². The van der Waals surface area contributed by atoms with E-state index in [0.717, 1.165) is 5.69 Å². The van der Waals surface area contributed by atoms with E-state index in [2.05, 4.69) is 15.4 Å². The highest BCUT2D eigenvalue weighted by molar-refractivity contribution is 5.92. The fraction of sp³-hybridized carbons (Fsp3) is 0.619. The van der Waals surface area contributed by atoms with Crippen LogP contribution in [0.5, 0.6) is 0 Å². The fourth-order valence-electron chi connectivity index (χ4n) is 4.18. The van der Waals surface area contributed by atoms with Crippen LogP contribution in [0.3, 0.4) is 0 Å². The second kappa shape index (κ2) is 8.30. The Kier molecular flexibility index (Phi) is 5.82. The summed E-state index contributed by atoms with van der Waals surface area (Å²) in [6, 6.07) is 2.58. The zero-order chi connectivity index (χ0) is 23.2. The van der Waals surface area contributed by atoms with Crippen LogP contribution in [0.2, 0.25) is 0 Å². The van der Waals surface area contributed by atoms with Crippen LogP contribution in [0.1, 0.15) is 55.8 Å². The molecule has 0 unspecified atom stereocenters. The van der Waals surface area contributed by atoms with Gasteiger partial charge in [-0.25, -0.2) is 4.79 Å². The number of carbonyl (C=O) groups is 1. The van der Waals surface area contributed by atoms with E-state index in [1.54, 1.807) is 31.6 Å². The van der Waals surface area contributed by atoms with Crippen molar-refractivity contribution in [3.05, 3.63) is 50.6 Å². The van der Waals surface area contributed by atoms with Crippen LogP contribution in [-0.4, -0.2) is 62.5 Å². The van der Waals surface area contributed by atoms with Crippen molar-refractivity contribution < 1.29 is 19.0 Å². The Morgan fingerprint density at radius 2 is 2.03 bits per heavy atom. The average Bonchev–Trinajstić information content (AvgIpc) is 3.25. The summed E-state index contributed by atoms with van der Waals surface area (Å²) in [5.41, 5.74) is 0.291. The summed E-state index contributed by atoms with van der Waals surface area (Å²) in [7, 11) is 1.73. The van der Waals surface area contributed by atoms with E-state index in [1.807, 2.05) is 13.8 Å². The van der Waals surface area contributed by atoms with Crippen molar-refractivity contribution in [2.75, 3.05) is 13.2 Å². The molecule has 4 heterocycles. The number of rotatable bonds is 5. The van der Waals surface area contributed by atoms with Gasteiger partial charge in [-0.05, 0) is 25.8 Å². The normalized spacial score (nSPS) is 26.8. The number of H-pyrrole nitrogens is 1. The van der Waals surface area contributed by atoms with Crippen LogP contribution < -0.4 is 16.6 Å². The van der Waals surface area contributed by atoms with Gasteiger partial charge in [-0.2, -0.15) is 5.10 Å². The van der Waals surface area contributed by atoms with Crippen molar-refractivity contribution in [3.63, 3.8) is 0 Å². The number of nitrogens with one attached hydrogen (secondary N) is 2. The van der Waals surface area contributed by atoms with Gasteiger partial charge in [-0.1, -0.05) is 13.8 Å². The molecule has 4 atom stereocenters. The summed E-state index contributed by atoms with van der Waals surface area (Å²) in [6.07, 6.45) is -0.0510. The first-order valence-corrected chi connectivity index (χ1v) is 10.7. The zero-order valence-electron chi connectivity index (χ0n) is 18.8. The van der Waals surface area contributed by atoms with Crippen LogP contribution in [-0.2, 0) is 21.3 Å². The number of hydrogen-bond acceptors (Lipinski definition) is 7. The Hall–Kier alpha value is -2.76. The lowest BCUT2D eigenvalue weighted by Gasteiger charge is -2.37. The van der Waals surface area contributed by atoms with Gasteiger partial charge in [0.1, 0.15) is 24.0 Å². The summed E-state index contributed by atoms with van der Waals surface area (Å²) >= 11 is 0. The molecule has 2 aliphatic heterocycles. The molecule has 0 radical (unpaired) electrons. The molecule has 0 bridgehead atoms. The molecule has 1 amide bonds. The van der Waals surface area contributed by atoms with E-state index in [1.165, 1.54) is 16.8 Å². The van der Waals surface area contributed by atoms with Gasteiger partial charge in [0, 0.05) is 25.9 Å². The van der Waals surface area contributed by atoms with Crippen LogP contribution in [0, 0.1) is 0 Å². The third kappa shape index (κ3) is 4.27. The van der Waals surface area contributed by atoms with Crippen molar-refractivity contribution in [1.82, 2.24) is 24.6 Å². The monoisotopic (exact) mass is 447 g/mol. The van der Waals surface area contributed by atoms with Crippen LogP contribution in [0.15, 0.2) is 27.9 Å². The van der Waals surface area contributed by atoms with E-state index in [-0.39, 0.29) is 25.0 Å². The van der Waals surface area contributed by atoms with E-state index in [4.69, 9.17) is 14.2 Å². The van der Waals surface area contributed by atoms with Crippen molar-refractivity contribution in [2.45, 2.75) is 63.8 Å². The maximum atomic E-state index is 12.7. The summed E-state index contributed by atoms with van der Waals surface area (Å²) < 4.78 is 21.1. The number of nitrogens with zero attached hydrogens (tertiary/aromatic N) is 3. The standard InChI is InChI=1S/C21H29N5O6/c1-11(2)12-8-13(25(5)24-12)19(28)22-9-15-18-17(31-21(3,4)32-18)14(10-30-15)26-7-6-16(27)23-20(26)29/h6-8,11,14-15,17-18H,9-10H2,1-5H3,(H,22,28)(H,23,27,29)/t14-,15-,17+,18-/m1/s1. The van der Waals surface area contributed by atoms with E-state index >= 15 is 0 Å². The third-order valence-corrected chi connectivity index (χ3v) is 5.79. The van der Waals surface area contributed by atoms with Crippen molar-refractivity contribution in [2.24, 2.45) is 7.05 Å². The number of hydrogen-bond donors (Lipinski definition) is 2. The van der Waals surface area contributed by atoms with E-state index in [0.29, 0.717) is 5.69 Å². The molecule has 2 N–H and O–H groups in total. The Morgan fingerprint density at radius 1 is 1.31 bits per heavy atom. The molecule has 32 heavy (non-hydrogen) atoms. The molecule has 11 nitrogen and oxygen atoms in total. The summed E-state index contributed by atoms with van der Waals surface area (Å²) in [5.74, 6) is -0.933. The third-order valence-electron chi connectivity index (χ3n) is 5.79. The highest BCUT2D eigenvalue weighted by Crippen LogP contribution is 2.39. The SMILES string of the molecule is CC(C)c1cc(C(=O)NC[C@H]2OC[C@@H](n3ccc(=O)[nH]c3=O)[C@@H]3OC(C)(C)O[C@@H]32)n(C)n1. The molecule has 11 heteroatoms. The molecule has 0 aliphatic carbocycles. The Bertz CT molecular complexity index is 1120. The first-order chi connectivity index (χ1) is 15.1. The fourth-order valence-corrected chi connectivity index (χ4v) is 4.18. The Balaban J connectivity index is 1.50. The largest absolute Gasteiger partial charge is 0.371 e. The van der Waals surface area contributed by atoms with E-state index < -0.39 is 41.4 Å². The van der Waals surface area contributed by atoms with Gasteiger partial charge >= 0.3 is 5.69 Å². The Labute approximate surface area is 184 Å². The molecule has 174 valence electrons. The predicted molar refractivity (Wildman–Crippen MR) is 114 cm³/mol. The van der Waals surface area contributed by atoms with Crippen LogP contribution in [0.25, 0.3) is 0 Å². The number of amides is 1. The van der Waals surface area contributed by atoms with E-state index in [9.17, 15) is 14.4 Å². The van der Waals surface area contributed by atoms with Gasteiger partial charge in [0.2, 0.25) is 0 Å². The van der Waals surface area contributed by atoms with Gasteiger partial charge < -0.3 is 19.5 Å². The predicted octanol–water partition coefficient (Wildman–Crippen LogP) is 0.284. The summed E-state index contributed by atoms with van der Waals surface area (Å²) in [6.45, 7) is 7.98. The molecule has 4 rings (SSSR count). The van der Waals surface area contributed by atoms with Crippen molar-refractivity contribution in [3.8, 4) is 0 Å². The molecular weight excluding hydrogens is 418 g/mol. The second-order valence-electron chi connectivity index (χ2n) is 8.96. The molecule has 2 fully saturated rings. The van der Waals surface area contributed by atoms with Crippen LogP contribution >= 0.6 is 0 Å². The highest BCUT2D eigenvalue weighted by Gasteiger charge is 2.52. The lowest BCUT2D eigenvalue weighted by molar-refractivity contribution is -0.153. The van der Waals surface area contributed by atoms with Crippen LogP contribution in [0.4, 0.5) is 0 Å². The topological polar surface area (TPSA) is 129 Å². The zero-order valence-corrected chi connectivity index (χ0v) is 18.8. The quantitative estimate of drug-likeness (QED) is 0.674. The number of aryl methyl sites for hydroxylation is 1. The molecule has 2 aromatic heterocycles. The first-order valence-electron chi connectivity index (χ1n) is 10.7. The molecule has 2 saturated heterocycles. The molecule has 2 aliphatic rings. The minimum Gasteiger partial charge on any atom is -0.371 e. The maximum Gasteiger partial charge on any atom is 0.328 e. The smallest absolute Gasteiger partial charge is 0.328 e. The highest BCUT2D eigenvalue weighted by atomic mass is 16.8. The molecule has 0 spiro atoms. The van der Waals surface area contributed by atoms with Crippen molar-refractivity contribution in [1.29, 1.82) is 0 Å². The Morgan fingerprint density at radius 3 is 2.69 bits per heavy atom. The molecule has 0 saturated carbocycles. The van der Waals surface area contributed by atoms with Gasteiger partial charge in [0.05, 0.1) is 18.3 Å². The lowest BCUT2D eigenvalue weighted by atomic mass is 9.97. The molecule has 0 aromatic carbocycles. The van der Waals surface area contributed by atoms with Gasteiger partial charge in [-0.3, -0.25) is 23.8 Å². The van der Waals surface area contributed by atoms with Crippen molar-refractivity contribution >= 4 is 5.91 Å². The molecule has 2 aromatic rings. The minimum atomic E-state index is -0.885. The number of aromatic nitrogens is 4. The second-order valence-corrected chi connectivity index (χ2v) is 8.96. The summed E-state index contributed by atoms with van der Waals surface area (Å²) in [5, 5.41) is 7.28.